The Morgan fingerprint density at radius 3 is 1.62 bits per heavy atom. The molecule has 0 fully saturated rings. The van der Waals surface area contributed by atoms with Crippen molar-refractivity contribution in [2.24, 2.45) is 0 Å². The molecule has 148 valence electrons. The number of fused-ring (bicyclic) bond motifs is 6. The van der Waals surface area contributed by atoms with E-state index in [2.05, 4.69) is 85.9 Å². The lowest BCUT2D eigenvalue weighted by molar-refractivity contribution is 0.390. The monoisotopic (exact) mass is 396 g/mol. The zero-order valence-electron chi connectivity index (χ0n) is 17.8. The number of hydrogen-bond donors (Lipinski definition) is 0. The molecule has 1 heteroatoms. The van der Waals surface area contributed by atoms with Gasteiger partial charge < -0.3 is 0 Å². The van der Waals surface area contributed by atoms with Crippen molar-refractivity contribution in [3.63, 3.8) is 0 Å². The summed E-state index contributed by atoms with van der Waals surface area (Å²) in [7, 11) is -1.70. The fourth-order valence-electron chi connectivity index (χ4n) is 8.04. The van der Waals surface area contributed by atoms with Gasteiger partial charge >= 0.3 is 0 Å². The molecule has 6 rings (SSSR count). The van der Waals surface area contributed by atoms with E-state index in [1.165, 1.54) is 38.5 Å². The van der Waals surface area contributed by atoms with Gasteiger partial charge in [-0.25, -0.2) is 0 Å². The summed E-state index contributed by atoms with van der Waals surface area (Å²) in [4.78, 5) is 0. The van der Waals surface area contributed by atoms with E-state index in [-0.39, 0.29) is 0 Å². The Bertz CT molecular complexity index is 947. The number of hydrogen-bond acceptors (Lipinski definition) is 0. The Hall–Kier alpha value is -1.86. The topological polar surface area (TPSA) is 0 Å². The lowest BCUT2D eigenvalue weighted by Crippen LogP contribution is -2.56. The molecule has 4 unspecified atom stereocenters. The first-order valence-corrected chi connectivity index (χ1v) is 14.6. The van der Waals surface area contributed by atoms with Crippen molar-refractivity contribution in [1.29, 1.82) is 0 Å². The van der Waals surface area contributed by atoms with Crippen LogP contribution in [-0.4, -0.2) is 8.07 Å². The van der Waals surface area contributed by atoms with Crippen LogP contribution in [0.4, 0.5) is 0 Å². The van der Waals surface area contributed by atoms with Crippen LogP contribution < -0.4 is 0 Å². The van der Waals surface area contributed by atoms with Gasteiger partial charge in [0.15, 0.2) is 0 Å². The Morgan fingerprint density at radius 1 is 0.690 bits per heavy atom. The highest BCUT2D eigenvalue weighted by Gasteiger charge is 2.66. The molecule has 0 saturated carbocycles. The van der Waals surface area contributed by atoms with E-state index in [1.807, 2.05) is 0 Å². The third-order valence-electron chi connectivity index (χ3n) is 9.64. The molecular weight excluding hydrogens is 364 g/mol. The van der Waals surface area contributed by atoms with Gasteiger partial charge in [0.25, 0.3) is 0 Å². The van der Waals surface area contributed by atoms with Gasteiger partial charge in [-0.2, -0.15) is 0 Å². The third-order valence-corrected chi connectivity index (χ3v) is 16.1. The quantitative estimate of drug-likeness (QED) is 0.363. The average molecular weight is 397 g/mol. The molecule has 0 N–H and O–H groups in total. The molecule has 0 heterocycles. The molecule has 0 aliphatic heterocycles. The first kappa shape index (κ1) is 17.9. The van der Waals surface area contributed by atoms with Crippen molar-refractivity contribution in [1.82, 2.24) is 0 Å². The maximum Gasteiger partial charge on any atom is 0.0627 e. The van der Waals surface area contributed by atoms with Gasteiger partial charge in [-0.05, 0) is 70.9 Å². The molecule has 0 bridgehead atoms. The fraction of sp³-hybridized carbons (Fsp3) is 0.429. The predicted molar refractivity (Wildman–Crippen MR) is 125 cm³/mol. The molecule has 4 aliphatic carbocycles. The zero-order valence-corrected chi connectivity index (χ0v) is 18.8. The Balaban J connectivity index is 1.53. The predicted octanol–water partition coefficient (Wildman–Crippen LogP) is 7.56. The normalized spacial score (nSPS) is 34.4. The van der Waals surface area contributed by atoms with Crippen molar-refractivity contribution in [3.05, 3.63) is 95.1 Å². The van der Waals surface area contributed by atoms with Gasteiger partial charge in [0.2, 0.25) is 0 Å². The largest absolute Gasteiger partial charge is 0.0879 e. The van der Waals surface area contributed by atoms with Gasteiger partial charge in [0.05, 0.1) is 8.07 Å². The summed E-state index contributed by atoms with van der Waals surface area (Å²) in [6.45, 7) is 5.59. The van der Waals surface area contributed by atoms with E-state index in [0.717, 1.165) is 0 Å². The highest BCUT2D eigenvalue weighted by molar-refractivity contribution is 6.84. The summed E-state index contributed by atoms with van der Waals surface area (Å²) in [6.07, 6.45) is 18.1. The van der Waals surface area contributed by atoms with Gasteiger partial charge in [0.1, 0.15) is 0 Å². The molecule has 0 saturated heterocycles. The van der Waals surface area contributed by atoms with Crippen LogP contribution >= 0.6 is 0 Å². The fourth-order valence-corrected chi connectivity index (χ4v) is 13.9. The van der Waals surface area contributed by atoms with Crippen molar-refractivity contribution >= 4 is 8.07 Å². The van der Waals surface area contributed by atoms with Crippen LogP contribution in [0.25, 0.3) is 0 Å². The summed E-state index contributed by atoms with van der Waals surface area (Å²) in [5.41, 5.74) is 6.55. The maximum absolute atomic E-state index is 2.79. The van der Waals surface area contributed by atoms with E-state index in [9.17, 15) is 0 Å². The lowest BCUT2D eigenvalue weighted by Gasteiger charge is -2.59. The zero-order chi connectivity index (χ0) is 19.7. The van der Waals surface area contributed by atoms with Crippen LogP contribution in [0.5, 0.6) is 0 Å². The highest BCUT2D eigenvalue weighted by Crippen LogP contribution is 2.74. The summed E-state index contributed by atoms with van der Waals surface area (Å²) >= 11 is 0. The average Bonchev–Trinajstić information content (AvgIpc) is 3.29. The molecular formula is C28H32Si. The molecule has 0 nitrogen and oxygen atoms in total. The molecule has 29 heavy (non-hydrogen) atoms. The smallest absolute Gasteiger partial charge is 0.0627 e. The molecule has 2 aromatic carbocycles. The van der Waals surface area contributed by atoms with Crippen LogP contribution in [-0.2, 0) is 12.8 Å². The van der Waals surface area contributed by atoms with Crippen molar-refractivity contribution < 1.29 is 0 Å². The molecule has 2 aromatic rings. The van der Waals surface area contributed by atoms with Crippen LogP contribution in [0.3, 0.4) is 0 Å². The Morgan fingerprint density at radius 2 is 1.14 bits per heavy atom. The Kier molecular flexibility index (Phi) is 3.76. The first-order valence-electron chi connectivity index (χ1n) is 11.6. The number of allylic oxidation sites excluding steroid dienone is 4. The number of benzene rings is 2. The van der Waals surface area contributed by atoms with Gasteiger partial charge in [-0.1, -0.05) is 85.9 Å². The first-order chi connectivity index (χ1) is 14.1. The minimum Gasteiger partial charge on any atom is -0.0879 e. The highest BCUT2D eigenvalue weighted by atomic mass is 28.3. The summed E-state index contributed by atoms with van der Waals surface area (Å²) in [5.74, 6) is 1.28. The van der Waals surface area contributed by atoms with E-state index >= 15 is 0 Å². The van der Waals surface area contributed by atoms with Gasteiger partial charge in [-0.15, -0.1) is 0 Å². The summed E-state index contributed by atoms with van der Waals surface area (Å²) in [6, 6.07) is 18.8. The summed E-state index contributed by atoms with van der Waals surface area (Å²) < 4.78 is 0. The van der Waals surface area contributed by atoms with Crippen molar-refractivity contribution in [2.75, 3.05) is 0 Å². The second-order valence-corrected chi connectivity index (χ2v) is 15.8. The SMILES string of the molecule is C[Si](C)(C12CCC=CC1c1ccccc1C2)C12CCC=CC1c1ccccc1C2. The van der Waals surface area contributed by atoms with Gasteiger partial charge in [-0.3, -0.25) is 0 Å². The van der Waals surface area contributed by atoms with E-state index in [0.29, 0.717) is 21.9 Å². The van der Waals surface area contributed by atoms with Gasteiger partial charge in [0, 0.05) is 11.8 Å². The molecule has 0 radical (unpaired) electrons. The lowest BCUT2D eigenvalue weighted by atomic mass is 9.82. The van der Waals surface area contributed by atoms with Crippen LogP contribution in [0.1, 0.15) is 59.8 Å². The third kappa shape index (κ3) is 2.15. The van der Waals surface area contributed by atoms with Crippen molar-refractivity contribution in [3.8, 4) is 0 Å². The maximum atomic E-state index is 2.79. The number of rotatable bonds is 2. The second kappa shape index (κ2) is 6.08. The van der Waals surface area contributed by atoms with Crippen molar-refractivity contribution in [2.45, 2.75) is 73.5 Å². The molecule has 4 aliphatic rings. The molecule has 0 aromatic heterocycles. The van der Waals surface area contributed by atoms with E-state index in [1.54, 1.807) is 22.3 Å². The standard InChI is InChI=1S/C28H32Si/c1-29(2,27-17-9-7-15-25(27)23-13-5-3-11-21(23)19-27)28-18-10-8-16-26(28)24-14-6-4-12-22(24)20-28/h3-8,11-16,25-26H,9-10,17-20H2,1-2H3. The molecule has 0 amide bonds. The summed E-state index contributed by atoms with van der Waals surface area (Å²) in [5, 5.41) is 0.938. The van der Waals surface area contributed by atoms with E-state index < -0.39 is 8.07 Å². The Labute approximate surface area is 176 Å². The minimum absolute atomic E-state index is 0.469. The molecule has 4 atom stereocenters. The molecule has 0 spiro atoms. The van der Waals surface area contributed by atoms with Crippen LogP contribution in [0.2, 0.25) is 23.2 Å². The van der Waals surface area contributed by atoms with Crippen LogP contribution in [0, 0.1) is 0 Å². The minimum atomic E-state index is -1.70. The second-order valence-electron chi connectivity index (χ2n) is 10.6. The van der Waals surface area contributed by atoms with Crippen LogP contribution in [0.15, 0.2) is 72.8 Å². The van der Waals surface area contributed by atoms with E-state index in [4.69, 9.17) is 0 Å².